The summed E-state index contributed by atoms with van der Waals surface area (Å²) in [6.45, 7) is 0. The second kappa shape index (κ2) is 3.27. The summed E-state index contributed by atoms with van der Waals surface area (Å²) in [5.41, 5.74) is -0.465. The quantitative estimate of drug-likeness (QED) is 0.740. The van der Waals surface area contributed by atoms with E-state index >= 15 is 0 Å². The first kappa shape index (κ1) is 9.51. The second-order valence-electron chi connectivity index (χ2n) is 3.18. The summed E-state index contributed by atoms with van der Waals surface area (Å²) in [6.07, 6.45) is 0. The van der Waals surface area contributed by atoms with Crippen LogP contribution in [0.2, 0.25) is 0 Å². The molecule has 4 nitrogen and oxygen atoms in total. The SMILES string of the molecule is Cn1[nH]c(=O)c(-c2ccccc2F)c1O. The number of benzene rings is 1. The predicted molar refractivity (Wildman–Crippen MR) is 53.1 cm³/mol. The topological polar surface area (TPSA) is 58.0 Å². The number of aromatic nitrogens is 2. The van der Waals surface area contributed by atoms with Crippen LogP contribution in [0.4, 0.5) is 4.39 Å². The predicted octanol–water partition coefficient (Wildman–Crippen LogP) is 1.23. The number of aromatic amines is 1. The molecule has 0 aliphatic carbocycles. The Labute approximate surface area is 84.6 Å². The highest BCUT2D eigenvalue weighted by molar-refractivity contribution is 5.68. The zero-order chi connectivity index (χ0) is 11.0. The fourth-order valence-corrected chi connectivity index (χ4v) is 1.44. The number of hydrogen-bond donors (Lipinski definition) is 2. The lowest BCUT2D eigenvalue weighted by Crippen LogP contribution is -2.04. The first-order valence-electron chi connectivity index (χ1n) is 4.34. The van der Waals surface area contributed by atoms with E-state index in [-0.39, 0.29) is 17.0 Å². The van der Waals surface area contributed by atoms with Crippen LogP contribution in [-0.4, -0.2) is 14.9 Å². The average Bonchev–Trinajstić information content (AvgIpc) is 2.43. The standard InChI is InChI=1S/C10H9FN2O2/c1-13-10(15)8(9(14)12-13)6-4-2-3-5-7(6)11/h2-5,15H,1H3,(H,12,14). The Morgan fingerprint density at radius 2 is 2.07 bits per heavy atom. The Hall–Kier alpha value is -2.04. The number of nitrogens with one attached hydrogen (secondary N) is 1. The van der Waals surface area contributed by atoms with Gasteiger partial charge < -0.3 is 5.11 Å². The lowest BCUT2D eigenvalue weighted by atomic mass is 10.1. The lowest BCUT2D eigenvalue weighted by molar-refractivity contribution is 0.420. The van der Waals surface area contributed by atoms with Gasteiger partial charge in [0.25, 0.3) is 5.56 Å². The molecule has 0 radical (unpaired) electrons. The minimum absolute atomic E-state index is 0.0457. The molecule has 0 bridgehead atoms. The van der Waals surface area contributed by atoms with E-state index in [2.05, 4.69) is 5.10 Å². The van der Waals surface area contributed by atoms with E-state index in [0.29, 0.717) is 0 Å². The molecule has 1 aromatic carbocycles. The highest BCUT2D eigenvalue weighted by atomic mass is 19.1. The average molecular weight is 208 g/mol. The maximum atomic E-state index is 13.4. The van der Waals surface area contributed by atoms with Gasteiger partial charge in [-0.25, -0.2) is 4.39 Å². The molecule has 2 rings (SSSR count). The summed E-state index contributed by atoms with van der Waals surface area (Å²) in [5.74, 6) is -0.811. The highest BCUT2D eigenvalue weighted by Crippen LogP contribution is 2.26. The van der Waals surface area contributed by atoms with Crippen LogP contribution in [0.3, 0.4) is 0 Å². The summed E-state index contributed by atoms with van der Waals surface area (Å²) in [4.78, 5) is 11.4. The molecule has 1 aromatic heterocycles. The number of hydrogen-bond acceptors (Lipinski definition) is 2. The number of aromatic hydroxyl groups is 1. The fraction of sp³-hybridized carbons (Fsp3) is 0.100. The van der Waals surface area contributed by atoms with Gasteiger partial charge in [0.15, 0.2) is 0 Å². The van der Waals surface area contributed by atoms with Crippen LogP contribution in [0.15, 0.2) is 29.1 Å². The molecule has 0 fully saturated rings. The van der Waals surface area contributed by atoms with Crippen molar-refractivity contribution in [3.63, 3.8) is 0 Å². The highest BCUT2D eigenvalue weighted by Gasteiger charge is 2.16. The zero-order valence-electron chi connectivity index (χ0n) is 7.99. The molecule has 2 N–H and O–H groups in total. The molecule has 0 atom stereocenters. The van der Waals surface area contributed by atoms with Gasteiger partial charge in [0.2, 0.25) is 5.88 Å². The molecule has 2 aromatic rings. The number of nitrogens with zero attached hydrogens (tertiary/aromatic N) is 1. The van der Waals surface area contributed by atoms with Gasteiger partial charge in [-0.3, -0.25) is 14.6 Å². The van der Waals surface area contributed by atoms with Crippen LogP contribution >= 0.6 is 0 Å². The van der Waals surface area contributed by atoms with Crippen molar-refractivity contribution in [2.75, 3.05) is 0 Å². The van der Waals surface area contributed by atoms with Gasteiger partial charge in [-0.05, 0) is 6.07 Å². The van der Waals surface area contributed by atoms with E-state index in [1.54, 1.807) is 6.07 Å². The van der Waals surface area contributed by atoms with Crippen molar-refractivity contribution in [1.29, 1.82) is 0 Å². The van der Waals surface area contributed by atoms with E-state index in [9.17, 15) is 14.3 Å². The van der Waals surface area contributed by atoms with Crippen LogP contribution in [0.25, 0.3) is 11.1 Å². The van der Waals surface area contributed by atoms with Crippen molar-refractivity contribution >= 4 is 0 Å². The van der Waals surface area contributed by atoms with Crippen molar-refractivity contribution in [1.82, 2.24) is 9.78 Å². The van der Waals surface area contributed by atoms with Crippen LogP contribution in [0.1, 0.15) is 0 Å². The number of halogens is 1. The van der Waals surface area contributed by atoms with Crippen LogP contribution in [0.5, 0.6) is 5.88 Å². The molecule has 1 heterocycles. The lowest BCUT2D eigenvalue weighted by Gasteiger charge is -1.99. The van der Waals surface area contributed by atoms with Crippen LogP contribution in [-0.2, 0) is 7.05 Å². The molecule has 0 amide bonds. The Morgan fingerprint density at radius 1 is 1.40 bits per heavy atom. The third kappa shape index (κ3) is 1.41. The van der Waals surface area contributed by atoms with Crippen LogP contribution in [0, 0.1) is 5.82 Å². The number of rotatable bonds is 1. The van der Waals surface area contributed by atoms with Gasteiger partial charge in [-0.2, -0.15) is 0 Å². The molecule has 15 heavy (non-hydrogen) atoms. The van der Waals surface area contributed by atoms with Gasteiger partial charge in [0.1, 0.15) is 11.4 Å². The normalized spacial score (nSPS) is 10.5. The third-order valence-corrected chi connectivity index (χ3v) is 2.18. The first-order chi connectivity index (χ1) is 7.11. The molecule has 0 spiro atoms. The van der Waals surface area contributed by atoms with Gasteiger partial charge in [0, 0.05) is 12.6 Å². The molecule has 0 aliphatic rings. The molecule has 0 unspecified atom stereocenters. The Balaban J connectivity index is 2.75. The summed E-state index contributed by atoms with van der Waals surface area (Å²) >= 11 is 0. The summed E-state index contributed by atoms with van der Waals surface area (Å²) < 4.78 is 14.5. The minimum Gasteiger partial charge on any atom is -0.493 e. The second-order valence-corrected chi connectivity index (χ2v) is 3.18. The summed E-state index contributed by atoms with van der Waals surface area (Å²) in [7, 11) is 1.47. The smallest absolute Gasteiger partial charge is 0.276 e. The fourth-order valence-electron chi connectivity index (χ4n) is 1.44. The van der Waals surface area contributed by atoms with Crippen LogP contribution < -0.4 is 5.56 Å². The Kier molecular flexibility index (Phi) is 2.07. The summed E-state index contributed by atoms with van der Waals surface area (Å²) in [5, 5.41) is 11.9. The van der Waals surface area contributed by atoms with E-state index in [0.717, 1.165) is 4.68 Å². The molecular weight excluding hydrogens is 199 g/mol. The van der Waals surface area contributed by atoms with Crippen molar-refractivity contribution in [3.05, 3.63) is 40.4 Å². The maximum absolute atomic E-state index is 13.4. The Morgan fingerprint density at radius 3 is 2.60 bits per heavy atom. The molecular formula is C10H9FN2O2. The van der Waals surface area contributed by atoms with Gasteiger partial charge in [-0.15, -0.1) is 0 Å². The molecule has 5 heteroatoms. The van der Waals surface area contributed by atoms with Gasteiger partial charge in [0.05, 0.1) is 0 Å². The van der Waals surface area contributed by atoms with E-state index in [1.807, 2.05) is 0 Å². The van der Waals surface area contributed by atoms with Gasteiger partial charge >= 0.3 is 0 Å². The minimum atomic E-state index is -0.537. The molecule has 0 aliphatic heterocycles. The van der Waals surface area contributed by atoms with Crippen molar-refractivity contribution in [3.8, 4) is 17.0 Å². The molecule has 0 saturated carbocycles. The van der Waals surface area contributed by atoms with E-state index in [4.69, 9.17) is 0 Å². The van der Waals surface area contributed by atoms with Gasteiger partial charge in [-0.1, -0.05) is 18.2 Å². The summed E-state index contributed by atoms with van der Waals surface area (Å²) in [6, 6.07) is 5.80. The van der Waals surface area contributed by atoms with Crippen molar-refractivity contribution in [2.45, 2.75) is 0 Å². The Bertz CT molecular complexity index is 557. The monoisotopic (exact) mass is 208 g/mol. The third-order valence-electron chi connectivity index (χ3n) is 2.18. The largest absolute Gasteiger partial charge is 0.493 e. The first-order valence-corrected chi connectivity index (χ1v) is 4.34. The maximum Gasteiger partial charge on any atom is 0.276 e. The molecule has 0 saturated heterocycles. The number of H-pyrrole nitrogens is 1. The molecule has 78 valence electrons. The number of aryl methyl sites for hydroxylation is 1. The van der Waals surface area contributed by atoms with E-state index in [1.165, 1.54) is 25.2 Å². The van der Waals surface area contributed by atoms with E-state index < -0.39 is 11.4 Å². The zero-order valence-corrected chi connectivity index (χ0v) is 7.99. The van der Waals surface area contributed by atoms with Crippen molar-refractivity contribution < 1.29 is 9.50 Å². The van der Waals surface area contributed by atoms with Crippen molar-refractivity contribution in [2.24, 2.45) is 7.05 Å².